The highest BCUT2D eigenvalue weighted by atomic mass is 19.3. The molecule has 0 radical (unpaired) electrons. The third kappa shape index (κ3) is 5.94. The van der Waals surface area contributed by atoms with E-state index in [1.165, 1.54) is 9.80 Å². The Bertz CT molecular complexity index is 1300. The smallest absolute Gasteiger partial charge is 0.410 e. The monoisotopic (exact) mass is 584 g/mol. The molecule has 2 fully saturated rings. The van der Waals surface area contributed by atoms with Gasteiger partial charge in [-0.25, -0.2) is 23.2 Å². The first-order valence-corrected chi connectivity index (χ1v) is 14.5. The van der Waals surface area contributed by atoms with Crippen molar-refractivity contribution in [2.24, 2.45) is 5.92 Å². The van der Waals surface area contributed by atoms with Crippen molar-refractivity contribution in [2.45, 2.75) is 75.9 Å². The van der Waals surface area contributed by atoms with Crippen LogP contribution in [0.2, 0.25) is 0 Å². The highest BCUT2D eigenvalue weighted by Gasteiger charge is 2.54. The average molecular weight is 585 g/mol. The van der Waals surface area contributed by atoms with Crippen molar-refractivity contribution in [3.63, 3.8) is 0 Å². The first kappa shape index (κ1) is 29.8. The fourth-order valence-electron chi connectivity index (χ4n) is 6.42. The quantitative estimate of drug-likeness (QED) is 0.415. The lowest BCUT2D eigenvalue weighted by molar-refractivity contribution is -0.150. The van der Waals surface area contributed by atoms with Crippen molar-refractivity contribution in [3.8, 4) is 11.1 Å². The van der Waals surface area contributed by atoms with Crippen molar-refractivity contribution >= 4 is 18.2 Å². The number of hydrogen-bond donors (Lipinski definition) is 1. The number of alkyl halides is 2. The Balaban J connectivity index is 1.40. The van der Waals surface area contributed by atoms with Crippen LogP contribution in [0.25, 0.3) is 11.1 Å². The average Bonchev–Trinajstić information content (AvgIpc) is 3.52. The molecule has 0 spiro atoms. The summed E-state index contributed by atoms with van der Waals surface area (Å²) in [5, 5.41) is 10.5. The van der Waals surface area contributed by atoms with E-state index in [9.17, 15) is 28.3 Å². The van der Waals surface area contributed by atoms with Crippen LogP contribution < -0.4 is 0 Å². The van der Waals surface area contributed by atoms with Gasteiger partial charge in [-0.15, -0.1) is 0 Å². The van der Waals surface area contributed by atoms with Crippen LogP contribution in [0.15, 0.2) is 48.5 Å². The number of halogens is 2. The Labute approximate surface area is 244 Å². The predicted molar refractivity (Wildman–Crippen MR) is 151 cm³/mol. The van der Waals surface area contributed by atoms with Crippen molar-refractivity contribution < 1.29 is 37.7 Å². The highest BCUT2D eigenvalue weighted by Crippen LogP contribution is 2.45. The van der Waals surface area contributed by atoms with Crippen LogP contribution in [0.1, 0.15) is 69.9 Å². The van der Waals surface area contributed by atoms with Gasteiger partial charge in [-0.05, 0) is 61.8 Å². The fraction of sp³-hybridized carbons (Fsp3) is 0.531. The minimum absolute atomic E-state index is 0.0163. The highest BCUT2D eigenvalue weighted by molar-refractivity contribution is 5.87. The maximum Gasteiger partial charge on any atom is 0.410 e. The number of nitrogens with zero attached hydrogens (tertiary/aromatic N) is 2. The summed E-state index contributed by atoms with van der Waals surface area (Å²) in [5.74, 6) is -4.60. The number of benzene rings is 2. The van der Waals surface area contributed by atoms with Gasteiger partial charge < -0.3 is 19.5 Å². The number of fused-ring (bicyclic) bond motifs is 3. The Hall–Kier alpha value is -3.69. The molecule has 1 N–H and O–H groups in total. The molecule has 1 saturated heterocycles. The first-order valence-electron chi connectivity index (χ1n) is 14.5. The van der Waals surface area contributed by atoms with Gasteiger partial charge in [0.15, 0.2) is 5.54 Å². The van der Waals surface area contributed by atoms with Crippen LogP contribution in [-0.2, 0) is 14.3 Å². The van der Waals surface area contributed by atoms with Crippen LogP contribution in [-0.4, -0.2) is 76.4 Å². The normalized spacial score (nSPS) is 21.9. The lowest BCUT2D eigenvalue weighted by Crippen LogP contribution is -2.60. The van der Waals surface area contributed by atoms with Crippen molar-refractivity contribution in [1.29, 1.82) is 0 Å². The minimum Gasteiger partial charge on any atom is -0.479 e. The molecule has 1 heterocycles. The van der Waals surface area contributed by atoms with Crippen LogP contribution >= 0.6 is 0 Å². The number of carbonyl (C=O) groups excluding carboxylic acids is 2. The Morgan fingerprint density at radius 3 is 2.10 bits per heavy atom. The van der Waals surface area contributed by atoms with E-state index in [1.54, 1.807) is 20.8 Å². The molecule has 5 rings (SSSR count). The summed E-state index contributed by atoms with van der Waals surface area (Å²) in [4.78, 5) is 42.1. The molecule has 8 nitrogen and oxygen atoms in total. The molecule has 3 aliphatic rings. The van der Waals surface area contributed by atoms with E-state index in [0.29, 0.717) is 0 Å². The zero-order chi connectivity index (χ0) is 30.3. The molecule has 0 aromatic heterocycles. The molecule has 1 aliphatic heterocycles. The van der Waals surface area contributed by atoms with Gasteiger partial charge >= 0.3 is 18.2 Å². The number of carboxylic acid groups (broad SMARTS) is 1. The molecule has 2 aromatic carbocycles. The Morgan fingerprint density at radius 1 is 0.976 bits per heavy atom. The summed E-state index contributed by atoms with van der Waals surface area (Å²) in [6.45, 7) is 4.86. The van der Waals surface area contributed by atoms with Gasteiger partial charge in [-0.1, -0.05) is 48.5 Å². The topological polar surface area (TPSA) is 96.4 Å². The van der Waals surface area contributed by atoms with Gasteiger partial charge in [0.1, 0.15) is 12.2 Å². The predicted octanol–water partition coefficient (Wildman–Crippen LogP) is 6.53. The number of carboxylic acids is 1. The molecule has 2 aliphatic carbocycles. The van der Waals surface area contributed by atoms with Crippen molar-refractivity contribution in [3.05, 3.63) is 59.7 Å². The number of hydrogen-bond acceptors (Lipinski definition) is 5. The third-order valence-corrected chi connectivity index (χ3v) is 8.65. The summed E-state index contributed by atoms with van der Waals surface area (Å²) >= 11 is 0. The van der Waals surface area contributed by atoms with Gasteiger partial charge in [-0.3, -0.25) is 4.90 Å². The molecule has 1 unspecified atom stereocenters. The Kier molecular flexibility index (Phi) is 7.94. The summed E-state index contributed by atoms with van der Waals surface area (Å²) in [5.41, 5.74) is 1.57. The van der Waals surface area contributed by atoms with E-state index in [2.05, 4.69) is 0 Å². The van der Waals surface area contributed by atoms with Gasteiger partial charge in [-0.2, -0.15) is 0 Å². The zero-order valence-electron chi connectivity index (χ0n) is 24.3. The standard InChI is InChI=1S/C32H38F2N2O6/c1-30(2,3)42-28(39)35-17-16-31(20-35,27(37)38)36(18-21-12-14-32(33,34)15-13-21)29(40)41-19-26-24-10-6-4-8-22(24)23-9-5-7-11-25(23)26/h4-11,21,26H,12-20H2,1-3H3,(H,37,38). The number of likely N-dealkylation sites (tertiary alicyclic amines) is 1. The number of carbonyl (C=O) groups is 3. The van der Waals surface area contributed by atoms with E-state index in [1.807, 2.05) is 48.5 Å². The molecule has 10 heteroatoms. The summed E-state index contributed by atoms with van der Waals surface area (Å²) in [6, 6.07) is 15.8. The van der Waals surface area contributed by atoms with E-state index in [-0.39, 0.29) is 70.2 Å². The van der Waals surface area contributed by atoms with E-state index >= 15 is 0 Å². The molecule has 2 aromatic rings. The molecule has 0 bridgehead atoms. The second-order valence-corrected chi connectivity index (χ2v) is 12.7. The molecule has 1 saturated carbocycles. The van der Waals surface area contributed by atoms with Crippen molar-refractivity contribution in [1.82, 2.24) is 9.80 Å². The van der Waals surface area contributed by atoms with Gasteiger partial charge in [0.2, 0.25) is 5.92 Å². The fourth-order valence-corrected chi connectivity index (χ4v) is 6.42. The number of ether oxygens (including phenoxy) is 2. The molecular weight excluding hydrogens is 546 g/mol. The second kappa shape index (κ2) is 11.2. The van der Waals surface area contributed by atoms with Crippen LogP contribution in [0.4, 0.5) is 18.4 Å². The molecular formula is C32H38F2N2O6. The third-order valence-electron chi connectivity index (χ3n) is 8.65. The van der Waals surface area contributed by atoms with Gasteiger partial charge in [0.25, 0.3) is 0 Å². The molecule has 42 heavy (non-hydrogen) atoms. The van der Waals surface area contributed by atoms with E-state index in [0.717, 1.165) is 22.3 Å². The van der Waals surface area contributed by atoms with E-state index < -0.39 is 35.2 Å². The molecule has 2 amide bonds. The SMILES string of the molecule is CC(C)(C)OC(=O)N1CCC(C(=O)O)(N(CC2CCC(F)(F)CC2)C(=O)OCC2c3ccccc3-c3ccccc32)C1. The lowest BCUT2D eigenvalue weighted by atomic mass is 9.85. The number of rotatable bonds is 6. The zero-order valence-corrected chi connectivity index (χ0v) is 24.3. The number of amides is 2. The minimum atomic E-state index is -2.77. The summed E-state index contributed by atoms with van der Waals surface area (Å²) in [7, 11) is 0. The van der Waals surface area contributed by atoms with Gasteiger partial charge in [0, 0.05) is 38.3 Å². The van der Waals surface area contributed by atoms with Crippen LogP contribution in [0.3, 0.4) is 0 Å². The maximum atomic E-state index is 13.9. The molecule has 226 valence electrons. The first-order chi connectivity index (χ1) is 19.8. The van der Waals surface area contributed by atoms with Crippen LogP contribution in [0.5, 0.6) is 0 Å². The summed E-state index contributed by atoms with van der Waals surface area (Å²) < 4.78 is 39.2. The Morgan fingerprint density at radius 2 is 1.55 bits per heavy atom. The summed E-state index contributed by atoms with van der Waals surface area (Å²) in [6.07, 6.45) is -1.86. The van der Waals surface area contributed by atoms with E-state index in [4.69, 9.17) is 9.47 Å². The second-order valence-electron chi connectivity index (χ2n) is 12.7. The largest absolute Gasteiger partial charge is 0.479 e. The molecule has 1 atom stereocenters. The van der Waals surface area contributed by atoms with Crippen LogP contribution in [0, 0.1) is 5.92 Å². The van der Waals surface area contributed by atoms with Crippen molar-refractivity contribution in [2.75, 3.05) is 26.2 Å². The van der Waals surface area contributed by atoms with Gasteiger partial charge in [0.05, 0.1) is 6.54 Å². The number of aliphatic carboxylic acids is 1. The lowest BCUT2D eigenvalue weighted by Gasteiger charge is -2.40. The maximum absolute atomic E-state index is 13.9.